The van der Waals surface area contributed by atoms with E-state index in [-0.39, 0.29) is 6.42 Å². The first-order chi connectivity index (χ1) is 9.37. The lowest BCUT2D eigenvalue weighted by Crippen LogP contribution is -2.49. The molecule has 0 aliphatic carbocycles. The Balaban J connectivity index is 5.31. The Labute approximate surface area is 127 Å². The molecule has 21 heavy (non-hydrogen) atoms. The molecule has 0 aromatic heterocycles. The summed E-state index contributed by atoms with van der Waals surface area (Å²) < 4.78 is 0. The van der Waals surface area contributed by atoms with Crippen LogP contribution in [-0.2, 0) is 24.3 Å². The fourth-order valence-corrected chi connectivity index (χ4v) is 1.56. The monoisotopic (exact) mass is 306 g/mol. The van der Waals surface area contributed by atoms with Crippen molar-refractivity contribution in [1.82, 2.24) is 0 Å². The van der Waals surface area contributed by atoms with Gasteiger partial charge in [0.1, 0.15) is 5.92 Å². The smallest absolute Gasteiger partial charge is 0.312 e. The van der Waals surface area contributed by atoms with Crippen LogP contribution in [0.15, 0.2) is 0 Å². The van der Waals surface area contributed by atoms with Crippen LogP contribution in [0.4, 0.5) is 0 Å². The van der Waals surface area contributed by atoms with Crippen molar-refractivity contribution >= 4 is 5.97 Å². The van der Waals surface area contributed by atoms with Gasteiger partial charge in [-0.05, 0) is 48.0 Å². The standard InChI is InChI=1S/C15H30O6/c1-9-11(12(16)17)15(10-2,20-18-13(3,4)5)21-19-14(6,7)8/h11H,9-10H2,1-8H3,(H,16,17). The first-order valence-corrected chi connectivity index (χ1v) is 7.33. The third kappa shape index (κ3) is 7.22. The van der Waals surface area contributed by atoms with E-state index in [2.05, 4.69) is 0 Å². The molecule has 0 heterocycles. The van der Waals surface area contributed by atoms with Crippen molar-refractivity contribution in [3.63, 3.8) is 0 Å². The lowest BCUT2D eigenvalue weighted by Gasteiger charge is -2.37. The van der Waals surface area contributed by atoms with E-state index in [1.54, 1.807) is 55.4 Å². The van der Waals surface area contributed by atoms with Crippen molar-refractivity contribution in [3.8, 4) is 0 Å². The van der Waals surface area contributed by atoms with Gasteiger partial charge < -0.3 is 5.11 Å². The minimum Gasteiger partial charge on any atom is -0.481 e. The number of carboxylic acid groups (broad SMARTS) is 1. The average molecular weight is 306 g/mol. The molecule has 0 rings (SSSR count). The summed E-state index contributed by atoms with van der Waals surface area (Å²) in [6.45, 7) is 14.4. The summed E-state index contributed by atoms with van der Waals surface area (Å²) in [5.74, 6) is -3.43. The van der Waals surface area contributed by atoms with Crippen LogP contribution < -0.4 is 0 Å². The molecule has 6 nitrogen and oxygen atoms in total. The molecule has 1 unspecified atom stereocenters. The Morgan fingerprint density at radius 3 is 1.48 bits per heavy atom. The molecule has 0 aliphatic heterocycles. The molecule has 0 spiro atoms. The van der Waals surface area contributed by atoms with Gasteiger partial charge in [0.05, 0.1) is 11.2 Å². The molecule has 1 N–H and O–H groups in total. The molecule has 0 fully saturated rings. The van der Waals surface area contributed by atoms with E-state index in [0.717, 1.165) is 0 Å². The number of aliphatic carboxylic acids is 1. The third-order valence-corrected chi connectivity index (χ3v) is 2.60. The predicted molar refractivity (Wildman–Crippen MR) is 78.3 cm³/mol. The molecule has 1 atom stereocenters. The van der Waals surface area contributed by atoms with Crippen LogP contribution in [0.3, 0.4) is 0 Å². The molecule has 0 radical (unpaired) electrons. The lowest BCUT2D eigenvalue weighted by molar-refractivity contribution is -0.550. The van der Waals surface area contributed by atoms with Crippen LogP contribution in [0, 0.1) is 5.92 Å². The summed E-state index contributed by atoms with van der Waals surface area (Å²) in [6.07, 6.45) is 0.591. The maximum Gasteiger partial charge on any atom is 0.312 e. The quantitative estimate of drug-likeness (QED) is 0.419. The zero-order valence-electron chi connectivity index (χ0n) is 14.5. The molecule has 0 aliphatic rings. The predicted octanol–water partition coefficient (Wildman–Crippen LogP) is 3.70. The SMILES string of the molecule is CCC(C(=O)O)C(CC)(OOC(C)(C)C)OOC(C)(C)C. The van der Waals surface area contributed by atoms with Crippen molar-refractivity contribution in [2.45, 2.75) is 85.2 Å². The maximum absolute atomic E-state index is 11.5. The second-order valence-electron chi connectivity index (χ2n) is 7.02. The number of hydrogen-bond donors (Lipinski definition) is 1. The molecule has 0 aromatic rings. The summed E-state index contributed by atoms with van der Waals surface area (Å²) in [4.78, 5) is 33.0. The molecule has 126 valence electrons. The maximum atomic E-state index is 11.5. The Hall–Kier alpha value is -0.690. The van der Waals surface area contributed by atoms with E-state index in [0.29, 0.717) is 6.42 Å². The van der Waals surface area contributed by atoms with E-state index in [9.17, 15) is 9.90 Å². The molecular formula is C15H30O6. The zero-order chi connectivity index (χ0) is 16.9. The van der Waals surface area contributed by atoms with Gasteiger partial charge in [0.25, 0.3) is 0 Å². The van der Waals surface area contributed by atoms with E-state index in [4.69, 9.17) is 19.6 Å². The summed E-state index contributed by atoms with van der Waals surface area (Å²) in [7, 11) is 0. The van der Waals surface area contributed by atoms with Gasteiger partial charge >= 0.3 is 5.97 Å². The number of hydrogen-bond acceptors (Lipinski definition) is 5. The highest BCUT2D eigenvalue weighted by molar-refractivity contribution is 5.71. The van der Waals surface area contributed by atoms with Crippen molar-refractivity contribution < 1.29 is 29.5 Å². The summed E-state index contributed by atoms with van der Waals surface area (Å²) in [5, 5.41) is 9.43. The van der Waals surface area contributed by atoms with Crippen molar-refractivity contribution in [2.75, 3.05) is 0 Å². The molecule has 0 bridgehead atoms. The second-order valence-corrected chi connectivity index (χ2v) is 7.02. The normalized spacial score (nSPS) is 15.0. The molecule has 0 saturated carbocycles. The molecule has 6 heteroatoms. The molecule has 0 aromatic carbocycles. The largest absolute Gasteiger partial charge is 0.481 e. The van der Waals surface area contributed by atoms with Gasteiger partial charge in [0.2, 0.25) is 5.79 Å². The van der Waals surface area contributed by atoms with E-state index >= 15 is 0 Å². The topological polar surface area (TPSA) is 74.2 Å². The Kier molecular flexibility index (Phi) is 7.29. The fraction of sp³-hybridized carbons (Fsp3) is 0.933. The molecule has 0 amide bonds. The molecular weight excluding hydrogens is 276 g/mol. The van der Waals surface area contributed by atoms with Crippen molar-refractivity contribution in [3.05, 3.63) is 0 Å². The Morgan fingerprint density at radius 2 is 1.29 bits per heavy atom. The number of carboxylic acids is 1. The zero-order valence-corrected chi connectivity index (χ0v) is 14.5. The van der Waals surface area contributed by atoms with Crippen LogP contribution in [-0.4, -0.2) is 28.1 Å². The van der Waals surface area contributed by atoms with Crippen molar-refractivity contribution in [1.29, 1.82) is 0 Å². The summed E-state index contributed by atoms with van der Waals surface area (Å²) in [5.41, 5.74) is -1.19. The van der Waals surface area contributed by atoms with Gasteiger partial charge in [-0.3, -0.25) is 4.79 Å². The van der Waals surface area contributed by atoms with Crippen LogP contribution in [0.5, 0.6) is 0 Å². The third-order valence-electron chi connectivity index (χ3n) is 2.60. The van der Waals surface area contributed by atoms with Crippen molar-refractivity contribution in [2.24, 2.45) is 5.92 Å². The number of carbonyl (C=O) groups is 1. The number of rotatable bonds is 8. The highest BCUT2D eigenvalue weighted by Gasteiger charge is 2.48. The minimum atomic E-state index is -1.50. The van der Waals surface area contributed by atoms with Crippen LogP contribution >= 0.6 is 0 Å². The lowest BCUT2D eigenvalue weighted by atomic mass is 9.94. The highest BCUT2D eigenvalue weighted by Crippen LogP contribution is 2.34. The van der Waals surface area contributed by atoms with Gasteiger partial charge in [-0.15, -0.1) is 0 Å². The van der Waals surface area contributed by atoms with E-state index in [1.807, 2.05) is 0 Å². The Morgan fingerprint density at radius 1 is 0.905 bits per heavy atom. The highest BCUT2D eigenvalue weighted by atomic mass is 17.3. The average Bonchev–Trinajstić information content (AvgIpc) is 2.30. The summed E-state index contributed by atoms with van der Waals surface area (Å²) >= 11 is 0. The van der Waals surface area contributed by atoms with E-state index in [1.165, 1.54) is 0 Å². The van der Waals surface area contributed by atoms with Crippen LogP contribution in [0.25, 0.3) is 0 Å². The summed E-state index contributed by atoms with van der Waals surface area (Å²) in [6, 6.07) is 0. The van der Waals surface area contributed by atoms with Crippen LogP contribution in [0.1, 0.15) is 68.2 Å². The minimum absolute atomic E-state index is 0.268. The Bertz CT molecular complexity index is 308. The van der Waals surface area contributed by atoms with Gasteiger partial charge in [0, 0.05) is 6.42 Å². The van der Waals surface area contributed by atoms with Crippen LogP contribution in [0.2, 0.25) is 0 Å². The fourth-order valence-electron chi connectivity index (χ4n) is 1.56. The van der Waals surface area contributed by atoms with Gasteiger partial charge in [-0.25, -0.2) is 9.78 Å². The van der Waals surface area contributed by atoms with Gasteiger partial charge in [-0.2, -0.15) is 9.78 Å². The van der Waals surface area contributed by atoms with E-state index < -0.39 is 28.9 Å². The second kappa shape index (κ2) is 7.54. The first kappa shape index (κ1) is 20.3. The first-order valence-electron chi connectivity index (χ1n) is 7.33. The van der Waals surface area contributed by atoms with Gasteiger partial charge in [0.15, 0.2) is 0 Å². The van der Waals surface area contributed by atoms with Gasteiger partial charge in [-0.1, -0.05) is 13.8 Å². The molecule has 0 saturated heterocycles.